The van der Waals surface area contributed by atoms with Crippen LogP contribution in [0.25, 0.3) is 0 Å². The van der Waals surface area contributed by atoms with Crippen LogP contribution in [-0.2, 0) is 6.54 Å². The second-order valence-electron chi connectivity index (χ2n) is 5.26. The molecule has 0 aromatic carbocycles. The molecule has 2 aromatic rings. The van der Waals surface area contributed by atoms with Crippen molar-refractivity contribution in [1.29, 1.82) is 0 Å². The van der Waals surface area contributed by atoms with Crippen molar-refractivity contribution in [3.05, 3.63) is 39.3 Å². The number of aromatic nitrogens is 2. The van der Waals surface area contributed by atoms with Crippen molar-refractivity contribution in [3.63, 3.8) is 0 Å². The minimum Gasteiger partial charge on any atom is -0.302 e. The zero-order chi connectivity index (χ0) is 14.7. The largest absolute Gasteiger partial charge is 0.302 e. The van der Waals surface area contributed by atoms with Gasteiger partial charge in [0.15, 0.2) is 0 Å². The highest BCUT2D eigenvalue weighted by Crippen LogP contribution is 2.28. The molecule has 0 aliphatic rings. The molecule has 0 fully saturated rings. The number of hydrogen-bond donors (Lipinski definition) is 1. The molecule has 0 amide bonds. The van der Waals surface area contributed by atoms with Gasteiger partial charge in [-0.05, 0) is 45.6 Å². The van der Waals surface area contributed by atoms with Crippen molar-refractivity contribution >= 4 is 11.3 Å². The summed E-state index contributed by atoms with van der Waals surface area (Å²) in [5.41, 5.74) is 3.78. The number of rotatable bonds is 6. The Balaban J connectivity index is 2.19. The van der Waals surface area contributed by atoms with Gasteiger partial charge in [0.2, 0.25) is 0 Å². The molecule has 110 valence electrons. The van der Waals surface area contributed by atoms with Gasteiger partial charge in [0.25, 0.3) is 0 Å². The predicted molar refractivity (Wildman–Crippen MR) is 86.3 cm³/mol. The van der Waals surface area contributed by atoms with Crippen LogP contribution in [-0.4, -0.2) is 9.78 Å². The molecule has 20 heavy (non-hydrogen) atoms. The van der Waals surface area contributed by atoms with Gasteiger partial charge in [-0.25, -0.2) is 0 Å². The molecular formula is C16H25N3S. The van der Waals surface area contributed by atoms with E-state index in [2.05, 4.69) is 67.2 Å². The molecule has 4 heteroatoms. The van der Waals surface area contributed by atoms with E-state index in [9.17, 15) is 0 Å². The van der Waals surface area contributed by atoms with Crippen LogP contribution in [0.1, 0.15) is 61.1 Å². The number of thiophene rings is 1. The van der Waals surface area contributed by atoms with Gasteiger partial charge in [-0.2, -0.15) is 5.10 Å². The molecule has 0 aliphatic heterocycles. The van der Waals surface area contributed by atoms with Gasteiger partial charge in [0.05, 0.1) is 5.69 Å². The molecule has 3 nitrogen and oxygen atoms in total. The first-order valence-electron chi connectivity index (χ1n) is 7.41. The summed E-state index contributed by atoms with van der Waals surface area (Å²) in [5, 5.41) is 10.5. The fraction of sp³-hybridized carbons (Fsp3) is 0.562. The molecule has 0 saturated heterocycles. The van der Waals surface area contributed by atoms with Crippen LogP contribution >= 0.6 is 11.3 Å². The highest BCUT2D eigenvalue weighted by molar-refractivity contribution is 7.10. The monoisotopic (exact) mass is 291 g/mol. The fourth-order valence-corrected chi connectivity index (χ4v) is 3.79. The first-order valence-corrected chi connectivity index (χ1v) is 8.29. The summed E-state index contributed by atoms with van der Waals surface area (Å²) in [6.45, 7) is 11.8. The summed E-state index contributed by atoms with van der Waals surface area (Å²) in [6, 6.07) is 5.09. The molecule has 2 heterocycles. The van der Waals surface area contributed by atoms with Gasteiger partial charge < -0.3 is 5.32 Å². The van der Waals surface area contributed by atoms with Crippen molar-refractivity contribution < 1.29 is 0 Å². The first-order chi connectivity index (χ1) is 9.58. The Kier molecular flexibility index (Phi) is 5.00. The number of aryl methyl sites for hydroxylation is 2. The van der Waals surface area contributed by atoms with Gasteiger partial charge >= 0.3 is 0 Å². The van der Waals surface area contributed by atoms with Crippen LogP contribution in [0.2, 0.25) is 0 Å². The van der Waals surface area contributed by atoms with Crippen molar-refractivity contribution in [2.75, 3.05) is 0 Å². The maximum Gasteiger partial charge on any atom is 0.0644 e. The summed E-state index contributed by atoms with van der Waals surface area (Å²) in [6.07, 6.45) is 1.10. The lowest BCUT2D eigenvalue weighted by Crippen LogP contribution is -2.24. The summed E-state index contributed by atoms with van der Waals surface area (Å²) in [4.78, 5) is 1.41. The third-order valence-corrected chi connectivity index (χ3v) is 4.90. The first kappa shape index (κ1) is 15.3. The molecule has 0 bridgehead atoms. The summed E-state index contributed by atoms with van der Waals surface area (Å²) in [7, 11) is 0. The Morgan fingerprint density at radius 3 is 2.60 bits per heavy atom. The molecule has 0 radical (unpaired) electrons. The van der Waals surface area contributed by atoms with Crippen LogP contribution in [0.15, 0.2) is 17.5 Å². The summed E-state index contributed by atoms with van der Waals surface area (Å²) >= 11 is 1.83. The smallest absolute Gasteiger partial charge is 0.0644 e. The number of hydrogen-bond acceptors (Lipinski definition) is 3. The van der Waals surface area contributed by atoms with E-state index in [-0.39, 0.29) is 0 Å². The molecule has 0 spiro atoms. The third kappa shape index (κ3) is 2.96. The number of nitrogens with zero attached hydrogens (tertiary/aromatic N) is 2. The van der Waals surface area contributed by atoms with Gasteiger partial charge in [-0.15, -0.1) is 11.3 Å². The lowest BCUT2D eigenvalue weighted by Gasteiger charge is -2.22. The Morgan fingerprint density at radius 1 is 1.35 bits per heavy atom. The van der Waals surface area contributed by atoms with Crippen molar-refractivity contribution in [2.24, 2.45) is 0 Å². The Hall–Kier alpha value is -1.13. The minimum atomic E-state index is 0.322. The molecule has 1 N–H and O–H groups in total. The summed E-state index contributed by atoms with van der Waals surface area (Å²) < 4.78 is 2.09. The molecule has 0 aliphatic carbocycles. The quantitative estimate of drug-likeness (QED) is 0.855. The molecule has 2 unspecified atom stereocenters. The fourth-order valence-electron chi connectivity index (χ4n) is 2.92. The van der Waals surface area contributed by atoms with Crippen LogP contribution in [0.5, 0.6) is 0 Å². The van der Waals surface area contributed by atoms with E-state index in [0.29, 0.717) is 12.1 Å². The zero-order valence-corrected chi connectivity index (χ0v) is 13.9. The highest BCUT2D eigenvalue weighted by atomic mass is 32.1. The van der Waals surface area contributed by atoms with E-state index in [0.717, 1.165) is 18.7 Å². The molecular weight excluding hydrogens is 266 g/mol. The van der Waals surface area contributed by atoms with E-state index in [1.807, 2.05) is 11.3 Å². The number of nitrogens with one attached hydrogen (secondary N) is 1. The SMILES string of the molecule is CCC(NC(C)c1c(C)nn(CC)c1C)c1cccs1. The van der Waals surface area contributed by atoms with Crippen molar-refractivity contribution in [3.8, 4) is 0 Å². The Bertz CT molecular complexity index is 542. The minimum absolute atomic E-state index is 0.322. The van der Waals surface area contributed by atoms with Crippen LogP contribution in [0, 0.1) is 13.8 Å². The van der Waals surface area contributed by atoms with E-state index in [4.69, 9.17) is 0 Å². The Labute approximate surface area is 126 Å². The topological polar surface area (TPSA) is 29.9 Å². The van der Waals surface area contributed by atoms with Crippen LogP contribution in [0.3, 0.4) is 0 Å². The van der Waals surface area contributed by atoms with E-state index < -0.39 is 0 Å². The molecule has 0 saturated carbocycles. The molecule has 2 rings (SSSR count). The van der Waals surface area contributed by atoms with Gasteiger partial charge in [0.1, 0.15) is 0 Å². The van der Waals surface area contributed by atoms with Gasteiger partial charge in [-0.1, -0.05) is 13.0 Å². The normalized spacial score (nSPS) is 14.4. The van der Waals surface area contributed by atoms with Crippen molar-refractivity contribution in [2.45, 2.75) is 59.7 Å². The standard InChI is InChI=1S/C16H25N3S/c1-6-14(15-9-8-10-20-15)17-11(3)16-12(4)18-19(7-2)13(16)5/h8-11,14,17H,6-7H2,1-5H3. The molecule has 2 atom stereocenters. The van der Waals surface area contributed by atoms with E-state index in [1.54, 1.807) is 0 Å². The zero-order valence-electron chi connectivity index (χ0n) is 13.1. The maximum atomic E-state index is 4.62. The second-order valence-corrected chi connectivity index (χ2v) is 6.24. The predicted octanol–water partition coefficient (Wildman–Crippen LogP) is 4.38. The van der Waals surface area contributed by atoms with Crippen LogP contribution < -0.4 is 5.32 Å². The van der Waals surface area contributed by atoms with Gasteiger partial charge in [0, 0.05) is 34.8 Å². The average Bonchev–Trinajstić information content (AvgIpc) is 3.04. The average molecular weight is 291 g/mol. The summed E-state index contributed by atoms with van der Waals surface area (Å²) in [5.74, 6) is 0. The molecule has 2 aromatic heterocycles. The van der Waals surface area contributed by atoms with E-state index >= 15 is 0 Å². The lowest BCUT2D eigenvalue weighted by atomic mass is 10.0. The Morgan fingerprint density at radius 2 is 2.10 bits per heavy atom. The maximum absolute atomic E-state index is 4.62. The highest BCUT2D eigenvalue weighted by Gasteiger charge is 2.20. The van der Waals surface area contributed by atoms with Crippen molar-refractivity contribution in [1.82, 2.24) is 15.1 Å². The lowest BCUT2D eigenvalue weighted by molar-refractivity contribution is 0.459. The van der Waals surface area contributed by atoms with E-state index in [1.165, 1.54) is 16.1 Å². The second kappa shape index (κ2) is 6.55. The third-order valence-electron chi connectivity index (χ3n) is 3.92. The van der Waals surface area contributed by atoms with Crippen LogP contribution in [0.4, 0.5) is 0 Å². The van der Waals surface area contributed by atoms with Gasteiger partial charge in [-0.3, -0.25) is 4.68 Å².